The number of nitrogens with zero attached hydrogens (tertiary/aromatic N) is 3. The molecule has 0 unspecified atom stereocenters. The lowest BCUT2D eigenvalue weighted by molar-refractivity contribution is -0.114. The fraction of sp³-hybridized carbons (Fsp3) is 0.133. The Balaban J connectivity index is 1.65. The molecule has 0 aliphatic carbocycles. The number of aromatic nitrogens is 2. The predicted octanol–water partition coefficient (Wildman–Crippen LogP) is 6.68. The molecule has 4 aromatic carbocycles. The number of anilines is 1. The number of nitrogens with one attached hydrogen (secondary N) is 1. The zero-order valence-corrected chi connectivity index (χ0v) is 21.0. The minimum absolute atomic E-state index is 0.0910. The highest BCUT2D eigenvalue weighted by atomic mass is 35.5. The topological polar surface area (TPSA) is 51.3 Å². The number of imidazole rings is 1. The number of carbonyl (C=O) groups excluding carboxylic acids is 1. The van der Waals surface area contributed by atoms with Crippen molar-refractivity contribution >= 4 is 34.2 Å². The summed E-state index contributed by atoms with van der Waals surface area (Å²) in [4.78, 5) is 16.6. The van der Waals surface area contributed by atoms with Gasteiger partial charge >= 0.3 is 0 Å². The van der Waals surface area contributed by atoms with Crippen molar-refractivity contribution in [1.82, 2.24) is 9.13 Å². The molecule has 6 heteroatoms. The predicted molar refractivity (Wildman–Crippen MR) is 148 cm³/mol. The van der Waals surface area contributed by atoms with Crippen molar-refractivity contribution in [3.63, 3.8) is 0 Å². The third-order valence-corrected chi connectivity index (χ3v) is 6.48. The van der Waals surface area contributed by atoms with E-state index < -0.39 is 0 Å². The number of hydrogen-bond acceptors (Lipinski definition) is 2. The van der Waals surface area contributed by atoms with Crippen LogP contribution in [0.1, 0.15) is 19.4 Å². The van der Waals surface area contributed by atoms with Gasteiger partial charge in [-0.25, -0.2) is 0 Å². The average Bonchev–Trinajstić information content (AvgIpc) is 3.19. The van der Waals surface area contributed by atoms with Crippen LogP contribution in [-0.2, 0) is 11.3 Å². The van der Waals surface area contributed by atoms with E-state index in [-0.39, 0.29) is 5.91 Å². The van der Waals surface area contributed by atoms with Gasteiger partial charge in [-0.2, -0.15) is 0 Å². The third-order valence-electron chi connectivity index (χ3n) is 6.11. The normalized spacial score (nSPS) is 11.7. The summed E-state index contributed by atoms with van der Waals surface area (Å²) >= 11 is 6.52. The molecule has 0 bridgehead atoms. The molecular weight excluding hydrogens is 468 g/mol. The van der Waals surface area contributed by atoms with Gasteiger partial charge < -0.3 is 9.88 Å². The van der Waals surface area contributed by atoms with Crippen molar-refractivity contribution in [2.75, 3.05) is 11.9 Å². The molecule has 1 heterocycles. The Kier molecular flexibility index (Phi) is 6.74. The van der Waals surface area contributed by atoms with Crippen molar-refractivity contribution in [1.29, 1.82) is 0 Å². The van der Waals surface area contributed by atoms with E-state index in [4.69, 9.17) is 16.6 Å². The van der Waals surface area contributed by atoms with Crippen LogP contribution in [0, 0.1) is 0 Å². The summed E-state index contributed by atoms with van der Waals surface area (Å²) in [7, 11) is 0. The van der Waals surface area contributed by atoms with Crippen molar-refractivity contribution in [2.24, 2.45) is 4.99 Å². The highest BCUT2D eigenvalue weighted by Gasteiger charge is 2.15. The highest BCUT2D eigenvalue weighted by molar-refractivity contribution is 6.31. The molecule has 5 aromatic rings. The van der Waals surface area contributed by atoms with Crippen LogP contribution in [0.4, 0.5) is 5.69 Å². The second-order valence-corrected chi connectivity index (χ2v) is 8.96. The summed E-state index contributed by atoms with van der Waals surface area (Å²) in [6.45, 7) is 4.84. The zero-order valence-electron chi connectivity index (χ0n) is 20.3. The van der Waals surface area contributed by atoms with Crippen LogP contribution in [0.15, 0.2) is 102 Å². The van der Waals surface area contributed by atoms with E-state index in [2.05, 4.69) is 56.9 Å². The van der Waals surface area contributed by atoms with Gasteiger partial charge in [0, 0.05) is 35.4 Å². The fourth-order valence-electron chi connectivity index (χ4n) is 4.55. The van der Waals surface area contributed by atoms with Gasteiger partial charge in [0.15, 0.2) is 0 Å². The average molecular weight is 495 g/mol. The molecule has 1 amide bonds. The van der Waals surface area contributed by atoms with Gasteiger partial charge in [0.25, 0.3) is 0 Å². The Morgan fingerprint density at radius 2 is 1.53 bits per heavy atom. The molecule has 5 rings (SSSR count). The first-order valence-corrected chi connectivity index (χ1v) is 12.4. The van der Waals surface area contributed by atoms with E-state index in [0.717, 1.165) is 49.7 Å². The summed E-state index contributed by atoms with van der Waals surface area (Å²) < 4.78 is 4.42. The maximum absolute atomic E-state index is 11.7. The summed E-state index contributed by atoms with van der Waals surface area (Å²) in [5.74, 6) is -0.0910. The number of halogens is 1. The molecule has 36 heavy (non-hydrogen) atoms. The molecule has 180 valence electrons. The number of fused-ring (bicyclic) bond motifs is 1. The molecule has 0 spiro atoms. The number of para-hydroxylation sites is 3. The number of benzene rings is 4. The second-order valence-electron chi connectivity index (χ2n) is 8.55. The van der Waals surface area contributed by atoms with Crippen LogP contribution in [0.5, 0.6) is 0 Å². The fourth-order valence-corrected chi connectivity index (χ4v) is 4.74. The first-order valence-electron chi connectivity index (χ1n) is 12.0. The zero-order chi connectivity index (χ0) is 25.1. The van der Waals surface area contributed by atoms with Gasteiger partial charge in [0.05, 0.1) is 17.6 Å². The van der Waals surface area contributed by atoms with Crippen LogP contribution >= 0.6 is 11.6 Å². The van der Waals surface area contributed by atoms with Crippen LogP contribution in [-0.4, -0.2) is 21.6 Å². The third kappa shape index (κ3) is 4.58. The molecule has 0 fully saturated rings. The molecule has 1 aromatic heterocycles. The van der Waals surface area contributed by atoms with Crippen molar-refractivity contribution < 1.29 is 4.79 Å². The lowest BCUT2D eigenvalue weighted by Crippen LogP contribution is -2.26. The summed E-state index contributed by atoms with van der Waals surface area (Å²) in [5.41, 5.74) is 7.88. The van der Waals surface area contributed by atoms with Crippen molar-refractivity contribution in [2.45, 2.75) is 20.4 Å². The van der Waals surface area contributed by atoms with Crippen LogP contribution < -0.4 is 10.9 Å². The van der Waals surface area contributed by atoms with Gasteiger partial charge in [0.1, 0.15) is 0 Å². The molecule has 0 radical (unpaired) electrons. The van der Waals surface area contributed by atoms with E-state index in [0.29, 0.717) is 13.1 Å². The molecule has 0 aliphatic heterocycles. The number of amides is 1. The maximum Gasteiger partial charge on any atom is 0.221 e. The van der Waals surface area contributed by atoms with E-state index >= 15 is 0 Å². The first-order chi connectivity index (χ1) is 17.6. The Morgan fingerprint density at radius 3 is 2.25 bits per heavy atom. The van der Waals surface area contributed by atoms with Gasteiger partial charge in [-0.05, 0) is 54.4 Å². The SMILES string of the molecule is CC/N=c1\n(Cc2ccccc2Cl)c2ccccc2n1-c1ccc(-c2ccccc2NC(C)=O)cc1. The Hall–Kier alpha value is -4.09. The summed E-state index contributed by atoms with van der Waals surface area (Å²) in [6.07, 6.45) is 0. The maximum atomic E-state index is 11.7. The standard InChI is InChI=1S/C30H27ClN4O/c1-3-32-30-34(20-23-10-4-6-12-26(23)31)28-14-8-9-15-29(28)35(30)24-18-16-22(17-19-24)25-11-5-7-13-27(25)33-21(2)36/h4-19H,3,20H2,1-2H3,(H,33,36)/b32-30+. The molecule has 0 aliphatic rings. The number of carbonyl (C=O) groups is 1. The smallest absolute Gasteiger partial charge is 0.221 e. The Bertz CT molecular complexity index is 1610. The molecular formula is C30H27ClN4O. The molecule has 0 atom stereocenters. The van der Waals surface area contributed by atoms with Crippen LogP contribution in [0.3, 0.4) is 0 Å². The van der Waals surface area contributed by atoms with Crippen LogP contribution in [0.2, 0.25) is 5.02 Å². The number of hydrogen-bond donors (Lipinski definition) is 1. The van der Waals surface area contributed by atoms with Crippen molar-refractivity contribution in [3.05, 3.63) is 113 Å². The Labute approximate surface area is 215 Å². The Morgan fingerprint density at radius 1 is 0.861 bits per heavy atom. The van der Waals surface area contributed by atoms with Crippen molar-refractivity contribution in [3.8, 4) is 16.8 Å². The van der Waals surface area contributed by atoms with E-state index in [1.165, 1.54) is 6.92 Å². The van der Waals surface area contributed by atoms with E-state index in [9.17, 15) is 4.79 Å². The lowest BCUT2D eigenvalue weighted by atomic mass is 10.0. The van der Waals surface area contributed by atoms with Gasteiger partial charge in [-0.1, -0.05) is 72.3 Å². The van der Waals surface area contributed by atoms with E-state index in [1.807, 2.05) is 61.5 Å². The van der Waals surface area contributed by atoms with E-state index in [1.54, 1.807) is 0 Å². The quantitative estimate of drug-likeness (QED) is 0.281. The van der Waals surface area contributed by atoms with Gasteiger partial charge in [0.2, 0.25) is 11.5 Å². The second kappa shape index (κ2) is 10.3. The highest BCUT2D eigenvalue weighted by Crippen LogP contribution is 2.29. The molecule has 1 N–H and O–H groups in total. The first kappa shape index (κ1) is 23.6. The minimum atomic E-state index is -0.0910. The largest absolute Gasteiger partial charge is 0.326 e. The molecule has 5 nitrogen and oxygen atoms in total. The van der Waals surface area contributed by atoms with Gasteiger partial charge in [-0.15, -0.1) is 0 Å². The summed E-state index contributed by atoms with van der Waals surface area (Å²) in [5, 5.41) is 3.67. The monoisotopic (exact) mass is 494 g/mol. The summed E-state index contributed by atoms with van der Waals surface area (Å²) in [6, 6.07) is 32.5. The molecule has 0 saturated carbocycles. The van der Waals surface area contributed by atoms with Crippen LogP contribution in [0.25, 0.3) is 27.8 Å². The van der Waals surface area contributed by atoms with Gasteiger partial charge in [-0.3, -0.25) is 14.4 Å². The lowest BCUT2D eigenvalue weighted by Gasteiger charge is -2.12. The molecule has 0 saturated heterocycles. The minimum Gasteiger partial charge on any atom is -0.326 e. The number of rotatable bonds is 6.